The van der Waals surface area contributed by atoms with Gasteiger partial charge in [-0.15, -0.1) is 22.6 Å². The number of rotatable bonds is 4. The second-order valence-electron chi connectivity index (χ2n) is 7.66. The molecule has 0 N–H and O–H groups in total. The van der Waals surface area contributed by atoms with Crippen LogP contribution in [-0.2, 0) is 4.74 Å². The van der Waals surface area contributed by atoms with E-state index in [1.807, 2.05) is 68.4 Å². The lowest BCUT2D eigenvalue weighted by molar-refractivity contribution is 0.0638. The molecule has 0 amide bonds. The molecule has 3 aromatic rings. The van der Waals surface area contributed by atoms with Crippen LogP contribution in [0.1, 0.15) is 23.4 Å². The fourth-order valence-corrected chi connectivity index (χ4v) is 4.33. The number of aromatic nitrogens is 2. The summed E-state index contributed by atoms with van der Waals surface area (Å²) in [6.45, 7) is 4.99. The molecule has 0 radical (unpaired) electrons. The highest BCUT2D eigenvalue weighted by Crippen LogP contribution is 2.32. The number of hydrogen-bond donors (Lipinski definition) is 0. The first-order valence-corrected chi connectivity index (χ1v) is 11.1. The number of hydrogen-bond acceptors (Lipinski definition) is 5. The van der Waals surface area contributed by atoms with Crippen molar-refractivity contribution >= 4 is 34.8 Å². The van der Waals surface area contributed by atoms with Crippen molar-refractivity contribution in [1.82, 2.24) is 20.0 Å². The van der Waals surface area contributed by atoms with Crippen LogP contribution < -0.4 is 0 Å². The second-order valence-corrected chi connectivity index (χ2v) is 8.64. The monoisotopic (exact) mass is 475 g/mol. The Morgan fingerprint density at radius 3 is 2.50 bits per heavy atom. The molecule has 1 saturated heterocycles. The number of ether oxygens (including phenoxy) is 1. The Morgan fingerprint density at radius 1 is 1.12 bits per heavy atom. The highest BCUT2D eigenvalue weighted by molar-refractivity contribution is 7.15. The van der Waals surface area contributed by atoms with Gasteiger partial charge in [-0.25, -0.2) is 4.39 Å². The third-order valence-electron chi connectivity index (χ3n) is 5.27. The van der Waals surface area contributed by atoms with Gasteiger partial charge in [-0.3, -0.25) is 0 Å². The van der Waals surface area contributed by atoms with E-state index in [0.717, 1.165) is 35.2 Å². The van der Waals surface area contributed by atoms with E-state index in [0.29, 0.717) is 23.9 Å². The SMILES string of the molecule is CC(c1ccc(-c2ccccc2)c(F)c1)c1nnc(/N=C(\N(C)C)N2CCOCC2)s1.Cl. The molecular weight excluding hydrogens is 449 g/mol. The van der Waals surface area contributed by atoms with Gasteiger partial charge < -0.3 is 14.5 Å². The molecule has 6 nitrogen and oxygen atoms in total. The minimum atomic E-state index is -0.236. The predicted molar refractivity (Wildman–Crippen MR) is 130 cm³/mol. The van der Waals surface area contributed by atoms with Crippen LogP contribution in [0.15, 0.2) is 53.5 Å². The smallest absolute Gasteiger partial charge is 0.234 e. The summed E-state index contributed by atoms with van der Waals surface area (Å²) in [4.78, 5) is 8.90. The number of benzene rings is 2. The van der Waals surface area contributed by atoms with Gasteiger partial charge in [0, 0.05) is 38.7 Å². The summed E-state index contributed by atoms with van der Waals surface area (Å²) in [5.74, 6) is 0.532. The highest BCUT2D eigenvalue weighted by Gasteiger charge is 2.20. The van der Waals surface area contributed by atoms with Gasteiger partial charge in [0.25, 0.3) is 0 Å². The van der Waals surface area contributed by atoms with Crippen LogP contribution in [0, 0.1) is 5.82 Å². The van der Waals surface area contributed by atoms with Crippen molar-refractivity contribution < 1.29 is 9.13 Å². The molecule has 0 spiro atoms. The Balaban J connectivity index is 0.00000289. The van der Waals surface area contributed by atoms with Crippen molar-refractivity contribution in [2.75, 3.05) is 40.4 Å². The Labute approximate surface area is 198 Å². The van der Waals surface area contributed by atoms with Crippen LogP contribution in [0.3, 0.4) is 0 Å². The summed E-state index contributed by atoms with van der Waals surface area (Å²) in [5.41, 5.74) is 2.33. The van der Waals surface area contributed by atoms with E-state index in [1.54, 1.807) is 6.07 Å². The van der Waals surface area contributed by atoms with Gasteiger partial charge in [0.1, 0.15) is 10.8 Å². The van der Waals surface area contributed by atoms with Gasteiger partial charge in [0.15, 0.2) is 0 Å². The highest BCUT2D eigenvalue weighted by atomic mass is 35.5. The van der Waals surface area contributed by atoms with Gasteiger partial charge in [0.05, 0.1) is 13.2 Å². The summed E-state index contributed by atoms with van der Waals surface area (Å²) in [6.07, 6.45) is 0. The van der Waals surface area contributed by atoms with Gasteiger partial charge in [-0.1, -0.05) is 60.7 Å². The van der Waals surface area contributed by atoms with Crippen LogP contribution in [-0.4, -0.2) is 66.4 Å². The minimum absolute atomic E-state index is 0. The van der Waals surface area contributed by atoms with Crippen LogP contribution >= 0.6 is 23.7 Å². The standard InChI is InChI=1S/C23H26FN5OS.ClH/c1-16(18-9-10-19(20(24)15-18)17-7-5-4-6-8-17)21-26-27-22(31-21)25-23(28(2)3)29-11-13-30-14-12-29;/h4-10,15-16H,11-14H2,1-3H3;1H/b25-23+;. The third-order valence-corrected chi connectivity index (χ3v) is 6.27. The van der Waals surface area contributed by atoms with Gasteiger partial charge in [0.2, 0.25) is 11.1 Å². The predicted octanol–water partition coefficient (Wildman–Crippen LogP) is 4.80. The average molecular weight is 476 g/mol. The molecule has 1 atom stereocenters. The van der Waals surface area contributed by atoms with E-state index in [4.69, 9.17) is 9.73 Å². The normalized spacial score (nSPS) is 15.2. The van der Waals surface area contributed by atoms with Crippen LogP contribution in [0.5, 0.6) is 0 Å². The first kappa shape index (κ1) is 24.1. The molecule has 1 fully saturated rings. The quantitative estimate of drug-likeness (QED) is 0.401. The lowest BCUT2D eigenvalue weighted by Crippen LogP contribution is -2.46. The summed E-state index contributed by atoms with van der Waals surface area (Å²) in [5, 5.41) is 10.0. The van der Waals surface area contributed by atoms with E-state index in [9.17, 15) is 4.39 Å². The molecule has 32 heavy (non-hydrogen) atoms. The van der Waals surface area contributed by atoms with E-state index < -0.39 is 0 Å². The topological polar surface area (TPSA) is 53.9 Å². The lowest BCUT2D eigenvalue weighted by atomic mass is 9.97. The first-order chi connectivity index (χ1) is 15.0. The van der Waals surface area contributed by atoms with Gasteiger partial charge in [-0.05, 0) is 17.2 Å². The molecule has 1 aliphatic rings. The summed E-state index contributed by atoms with van der Waals surface area (Å²) in [6, 6.07) is 14.9. The Bertz CT molecular complexity index is 1050. The van der Waals surface area contributed by atoms with Gasteiger partial charge in [-0.2, -0.15) is 4.99 Å². The van der Waals surface area contributed by atoms with Crippen LogP contribution in [0.4, 0.5) is 9.52 Å². The minimum Gasteiger partial charge on any atom is -0.378 e. The zero-order chi connectivity index (χ0) is 21.8. The second kappa shape index (κ2) is 10.8. The Kier molecular flexibility index (Phi) is 8.17. The van der Waals surface area contributed by atoms with Crippen LogP contribution in [0.2, 0.25) is 0 Å². The fraction of sp³-hybridized carbons (Fsp3) is 0.348. The summed E-state index contributed by atoms with van der Waals surface area (Å²) >= 11 is 1.44. The molecule has 2 aromatic carbocycles. The molecule has 4 rings (SSSR count). The molecule has 0 saturated carbocycles. The Morgan fingerprint density at radius 2 is 1.84 bits per heavy atom. The molecule has 1 unspecified atom stereocenters. The molecule has 1 aliphatic heterocycles. The van der Waals surface area contributed by atoms with E-state index >= 15 is 0 Å². The number of nitrogens with zero attached hydrogens (tertiary/aromatic N) is 5. The molecule has 0 bridgehead atoms. The number of guanidine groups is 1. The average Bonchev–Trinajstić information content (AvgIpc) is 3.26. The van der Waals surface area contributed by atoms with E-state index in [2.05, 4.69) is 15.1 Å². The maximum Gasteiger partial charge on any atom is 0.234 e. The third kappa shape index (κ3) is 5.43. The number of aliphatic imine (C=N–C) groups is 1. The maximum absolute atomic E-state index is 14.8. The van der Waals surface area contributed by atoms with Crippen molar-refractivity contribution in [3.8, 4) is 11.1 Å². The van der Waals surface area contributed by atoms with Gasteiger partial charge >= 0.3 is 0 Å². The molecule has 170 valence electrons. The molecular formula is C23H27ClFN5OS. The lowest BCUT2D eigenvalue weighted by Gasteiger charge is -2.32. The largest absolute Gasteiger partial charge is 0.378 e. The summed E-state index contributed by atoms with van der Waals surface area (Å²) < 4.78 is 20.2. The zero-order valence-corrected chi connectivity index (χ0v) is 20.0. The molecule has 1 aromatic heterocycles. The Hall–Kier alpha value is -2.55. The maximum atomic E-state index is 14.8. The van der Waals surface area contributed by atoms with Crippen molar-refractivity contribution in [3.63, 3.8) is 0 Å². The first-order valence-electron chi connectivity index (χ1n) is 10.3. The number of halogens is 2. The zero-order valence-electron chi connectivity index (χ0n) is 18.4. The number of morpholine rings is 1. The van der Waals surface area contributed by atoms with Crippen LogP contribution in [0.25, 0.3) is 11.1 Å². The van der Waals surface area contributed by atoms with E-state index in [-0.39, 0.29) is 24.1 Å². The molecule has 9 heteroatoms. The summed E-state index contributed by atoms with van der Waals surface area (Å²) in [7, 11) is 3.94. The van der Waals surface area contributed by atoms with E-state index in [1.165, 1.54) is 11.3 Å². The van der Waals surface area contributed by atoms with Crippen molar-refractivity contribution in [1.29, 1.82) is 0 Å². The molecule has 2 heterocycles. The fourth-order valence-electron chi connectivity index (χ4n) is 3.54. The van der Waals surface area contributed by atoms with Crippen molar-refractivity contribution in [3.05, 3.63) is 64.9 Å². The van der Waals surface area contributed by atoms with Crippen molar-refractivity contribution in [2.24, 2.45) is 4.99 Å². The molecule has 0 aliphatic carbocycles. The van der Waals surface area contributed by atoms with Crippen molar-refractivity contribution in [2.45, 2.75) is 12.8 Å².